The van der Waals surface area contributed by atoms with E-state index >= 15 is 0 Å². The van der Waals surface area contributed by atoms with Gasteiger partial charge in [-0.05, 0) is 70.5 Å². The summed E-state index contributed by atoms with van der Waals surface area (Å²) in [5.41, 5.74) is -2.89. The number of hydrogen-bond acceptors (Lipinski definition) is 9. The zero-order valence-electron chi connectivity index (χ0n) is 25.7. The second-order valence-corrected chi connectivity index (χ2v) is 13.7. The van der Waals surface area contributed by atoms with Crippen molar-refractivity contribution >= 4 is 54.4 Å². The highest BCUT2D eigenvalue weighted by Crippen LogP contribution is 2.44. The molecule has 0 N–H and O–H groups in total. The summed E-state index contributed by atoms with van der Waals surface area (Å²) in [4.78, 5) is 15.2. The third-order valence-electron chi connectivity index (χ3n) is 7.53. The lowest BCUT2D eigenvalue weighted by atomic mass is 10.2. The molecule has 0 bridgehead atoms. The number of carbonyl (C=O) groups excluding carboxylic acids is 1. The molecule has 0 fully saturated rings. The Morgan fingerprint density at radius 3 is 2.24 bits per heavy atom. The van der Waals surface area contributed by atoms with Gasteiger partial charge in [-0.25, -0.2) is 30.8 Å². The molecule has 0 unspecified atom stereocenters. The van der Waals surface area contributed by atoms with Gasteiger partial charge < -0.3 is 19.1 Å². The summed E-state index contributed by atoms with van der Waals surface area (Å²) in [6.45, 7) is 8.85. The summed E-state index contributed by atoms with van der Waals surface area (Å²) >= 11 is 0. The van der Waals surface area contributed by atoms with Crippen molar-refractivity contribution in [3.05, 3.63) is 65.8 Å². The largest absolute Gasteiger partial charge is 0.748 e. The van der Waals surface area contributed by atoms with Gasteiger partial charge in [0.05, 0.1) is 51.6 Å². The van der Waals surface area contributed by atoms with Crippen LogP contribution in [0.1, 0.15) is 50.3 Å². The van der Waals surface area contributed by atoms with Crippen LogP contribution in [0.15, 0.2) is 59.3 Å². The van der Waals surface area contributed by atoms with E-state index < -0.39 is 42.1 Å². The van der Waals surface area contributed by atoms with Crippen LogP contribution in [0.5, 0.6) is 0 Å². The molecule has 0 amide bonds. The topological polar surface area (TPSA) is 133 Å². The van der Waals surface area contributed by atoms with Crippen LogP contribution >= 0.6 is 0 Å². The molecule has 0 aliphatic carbocycles. The van der Waals surface area contributed by atoms with Gasteiger partial charge in [-0.2, -0.15) is 13.2 Å². The molecule has 2 heterocycles. The Morgan fingerprint density at radius 1 is 0.978 bits per heavy atom. The van der Waals surface area contributed by atoms with Crippen LogP contribution in [-0.2, 0) is 37.8 Å². The van der Waals surface area contributed by atoms with E-state index in [1.165, 1.54) is 6.07 Å². The first kappa shape index (κ1) is 35.0. The van der Waals surface area contributed by atoms with Gasteiger partial charge in [-0.15, -0.1) is 0 Å². The average molecular weight is 685 g/mol. The maximum Gasteiger partial charge on any atom is 0.501 e. The van der Waals surface area contributed by atoms with E-state index in [0.717, 1.165) is 17.6 Å². The number of fused-ring (bicyclic) bond motifs is 2. The van der Waals surface area contributed by atoms with Crippen molar-refractivity contribution in [3.8, 4) is 0 Å². The standard InChI is InChI=1S/C30H35F3N4O7S2/c1-5-34-24-16-14-22(46(42,43)30(31,32)33)20-26(24)36(7-3)27(34)11-9-12-28-35(6-2)23-15-13-21(29(38)44-8-4)19-25(23)37(28)17-10-18-45(39,40)41/h9,11-16,19-20H,5-8,10,17-18H2,1-4H3. The third-order valence-corrected chi connectivity index (χ3v) is 9.81. The quantitative estimate of drug-likeness (QED) is 0.153. The van der Waals surface area contributed by atoms with Gasteiger partial charge >= 0.3 is 11.5 Å². The summed E-state index contributed by atoms with van der Waals surface area (Å²) in [5, 5.41) is 0. The zero-order valence-corrected chi connectivity index (χ0v) is 27.4. The van der Waals surface area contributed by atoms with Crippen molar-refractivity contribution in [1.29, 1.82) is 0 Å². The van der Waals surface area contributed by atoms with Crippen molar-refractivity contribution in [3.63, 3.8) is 0 Å². The molecule has 1 aliphatic rings. The van der Waals surface area contributed by atoms with Gasteiger partial charge in [-0.1, -0.05) is 6.08 Å². The molecule has 0 radical (unpaired) electrons. The van der Waals surface area contributed by atoms with Crippen LogP contribution in [0, 0.1) is 0 Å². The number of benzene rings is 2. The van der Waals surface area contributed by atoms with E-state index in [0.29, 0.717) is 53.7 Å². The smallest absolute Gasteiger partial charge is 0.501 e. The highest BCUT2D eigenvalue weighted by molar-refractivity contribution is 7.92. The fourth-order valence-corrected chi connectivity index (χ4v) is 6.82. The molecule has 0 saturated heterocycles. The van der Waals surface area contributed by atoms with Crippen molar-refractivity contribution in [1.82, 2.24) is 4.57 Å². The second kappa shape index (κ2) is 13.5. The van der Waals surface area contributed by atoms with Gasteiger partial charge in [0.15, 0.2) is 11.0 Å². The fraction of sp³-hybridized carbons (Fsp3) is 0.400. The van der Waals surface area contributed by atoms with E-state index in [1.54, 1.807) is 55.2 Å². The third kappa shape index (κ3) is 6.78. The minimum absolute atomic E-state index is 0.0244. The summed E-state index contributed by atoms with van der Waals surface area (Å²) in [5.74, 6) is 0.144. The molecule has 0 spiro atoms. The number of alkyl halides is 3. The molecular formula is C30H35F3N4O7S2. The van der Waals surface area contributed by atoms with Crippen molar-refractivity contribution in [2.45, 2.75) is 57.6 Å². The van der Waals surface area contributed by atoms with E-state index in [2.05, 4.69) is 0 Å². The number of sulfone groups is 1. The summed E-state index contributed by atoms with van der Waals surface area (Å²) < 4.78 is 107. The van der Waals surface area contributed by atoms with Crippen LogP contribution < -0.4 is 14.4 Å². The van der Waals surface area contributed by atoms with Gasteiger partial charge in [0, 0.05) is 31.0 Å². The maximum absolute atomic E-state index is 13.3. The first-order valence-electron chi connectivity index (χ1n) is 14.6. The van der Waals surface area contributed by atoms with E-state index in [9.17, 15) is 39.4 Å². The molecule has 0 saturated carbocycles. The first-order chi connectivity index (χ1) is 21.6. The molecule has 46 heavy (non-hydrogen) atoms. The number of ether oxygens (including phenoxy) is 1. The number of aryl methyl sites for hydroxylation is 2. The highest BCUT2D eigenvalue weighted by Gasteiger charge is 2.47. The lowest BCUT2D eigenvalue weighted by molar-refractivity contribution is -0.670. The first-order valence-corrected chi connectivity index (χ1v) is 17.7. The molecular weight excluding hydrogens is 649 g/mol. The zero-order chi connectivity index (χ0) is 34.0. The summed E-state index contributed by atoms with van der Waals surface area (Å²) in [6.07, 6.45) is 5.28. The SMILES string of the molecule is CCOC(=O)c1ccc2c(c1)n(CCCS(=O)(=O)[O-])c(C=CC=C1N(CC)c3ccc(S(=O)(=O)C(F)(F)F)cc3N1CC)[n+]2CC. The Morgan fingerprint density at radius 2 is 1.65 bits per heavy atom. The Kier molecular flexibility index (Phi) is 10.2. The Labute approximate surface area is 265 Å². The average Bonchev–Trinajstić information content (AvgIpc) is 3.45. The number of aromatic nitrogens is 2. The number of anilines is 2. The summed E-state index contributed by atoms with van der Waals surface area (Å²) in [6, 6.07) is 8.39. The number of hydrogen-bond donors (Lipinski definition) is 0. The number of rotatable bonds is 12. The number of nitrogens with zero attached hydrogens (tertiary/aromatic N) is 4. The van der Waals surface area contributed by atoms with E-state index in [-0.39, 0.29) is 19.6 Å². The van der Waals surface area contributed by atoms with Crippen LogP contribution in [-0.4, -0.2) is 62.9 Å². The van der Waals surface area contributed by atoms with Gasteiger partial charge in [0.2, 0.25) is 0 Å². The Balaban J connectivity index is 1.81. The molecule has 4 rings (SSSR count). The second-order valence-electron chi connectivity index (χ2n) is 10.3. The lowest BCUT2D eigenvalue weighted by Crippen LogP contribution is -2.35. The minimum Gasteiger partial charge on any atom is -0.748 e. The van der Waals surface area contributed by atoms with Crippen LogP contribution in [0.4, 0.5) is 24.5 Å². The Bertz CT molecular complexity index is 1920. The number of imidazole rings is 1. The van der Waals surface area contributed by atoms with Crippen LogP contribution in [0.3, 0.4) is 0 Å². The lowest BCUT2D eigenvalue weighted by Gasteiger charge is -2.23. The highest BCUT2D eigenvalue weighted by atomic mass is 32.2. The molecule has 1 aromatic heterocycles. The fourth-order valence-electron chi connectivity index (χ4n) is 5.55. The van der Waals surface area contributed by atoms with Crippen LogP contribution in [0.2, 0.25) is 0 Å². The monoisotopic (exact) mass is 684 g/mol. The normalized spacial score (nSPS) is 15.0. The van der Waals surface area contributed by atoms with E-state index in [4.69, 9.17) is 4.74 Å². The van der Waals surface area contributed by atoms with E-state index in [1.807, 2.05) is 27.9 Å². The molecule has 3 aromatic rings. The van der Waals surface area contributed by atoms with Crippen LogP contribution in [0.25, 0.3) is 17.1 Å². The molecule has 11 nitrogen and oxygen atoms in total. The number of halogens is 3. The number of carbonyl (C=O) groups is 1. The predicted octanol–water partition coefficient (Wildman–Crippen LogP) is 4.58. The minimum atomic E-state index is -5.55. The molecule has 1 aliphatic heterocycles. The molecule has 0 atom stereocenters. The van der Waals surface area contributed by atoms with Crippen molar-refractivity contribution in [2.75, 3.05) is 35.2 Å². The number of esters is 1. The van der Waals surface area contributed by atoms with Gasteiger partial charge in [-0.3, -0.25) is 0 Å². The molecule has 250 valence electrons. The van der Waals surface area contributed by atoms with Gasteiger partial charge in [0.25, 0.3) is 15.7 Å². The Hall–Kier alpha value is -3.89. The van der Waals surface area contributed by atoms with Gasteiger partial charge in [0.1, 0.15) is 5.82 Å². The predicted molar refractivity (Wildman–Crippen MR) is 166 cm³/mol. The van der Waals surface area contributed by atoms with Crippen molar-refractivity contribution in [2.24, 2.45) is 0 Å². The number of allylic oxidation sites excluding steroid dienone is 2. The summed E-state index contributed by atoms with van der Waals surface area (Å²) in [7, 11) is -10.0. The molecule has 2 aromatic carbocycles. The maximum atomic E-state index is 13.3. The molecule has 16 heteroatoms. The van der Waals surface area contributed by atoms with Crippen molar-refractivity contribution < 1.29 is 48.7 Å².